The first-order valence-corrected chi connectivity index (χ1v) is 9.54. The Hall–Kier alpha value is -4.12. The number of fused-ring (bicyclic) bond motifs is 2. The number of oxazole rings is 1. The van der Waals surface area contributed by atoms with E-state index in [-0.39, 0.29) is 0 Å². The lowest BCUT2D eigenvalue weighted by Crippen LogP contribution is -2.19. The SMILES string of the molecule is O=C(O)Cn1c(=O)oc2c(-c3ccc(-c4cccc5ccccc45)cc3)cccc21. The summed E-state index contributed by atoms with van der Waals surface area (Å²) in [6, 6.07) is 27.9. The molecule has 5 nitrogen and oxygen atoms in total. The molecular weight excluding hydrogens is 378 g/mol. The molecule has 0 saturated carbocycles. The fourth-order valence-electron chi connectivity index (χ4n) is 3.90. The van der Waals surface area contributed by atoms with E-state index in [0.717, 1.165) is 26.8 Å². The predicted molar refractivity (Wildman–Crippen MR) is 116 cm³/mol. The third kappa shape index (κ3) is 2.97. The lowest BCUT2D eigenvalue weighted by molar-refractivity contribution is -0.137. The lowest BCUT2D eigenvalue weighted by Gasteiger charge is -2.08. The van der Waals surface area contributed by atoms with E-state index in [1.165, 1.54) is 10.8 Å². The highest BCUT2D eigenvalue weighted by Crippen LogP contribution is 2.32. The molecule has 30 heavy (non-hydrogen) atoms. The van der Waals surface area contributed by atoms with E-state index >= 15 is 0 Å². The van der Waals surface area contributed by atoms with Gasteiger partial charge in [-0.2, -0.15) is 0 Å². The van der Waals surface area contributed by atoms with Crippen LogP contribution in [0.15, 0.2) is 94.1 Å². The first-order valence-electron chi connectivity index (χ1n) is 9.54. The Morgan fingerprint density at radius 3 is 2.20 bits per heavy atom. The van der Waals surface area contributed by atoms with Gasteiger partial charge in [0.2, 0.25) is 0 Å². The third-order valence-corrected chi connectivity index (χ3v) is 5.28. The number of aliphatic carboxylic acids is 1. The number of hydrogen-bond acceptors (Lipinski definition) is 3. The highest BCUT2D eigenvalue weighted by Gasteiger charge is 2.16. The summed E-state index contributed by atoms with van der Waals surface area (Å²) in [5.41, 5.74) is 4.74. The normalized spacial score (nSPS) is 11.2. The van der Waals surface area contributed by atoms with Crippen LogP contribution >= 0.6 is 0 Å². The van der Waals surface area contributed by atoms with Crippen LogP contribution in [0.1, 0.15) is 0 Å². The quantitative estimate of drug-likeness (QED) is 0.456. The molecule has 0 bridgehead atoms. The number of para-hydroxylation sites is 1. The Morgan fingerprint density at radius 2 is 1.43 bits per heavy atom. The second-order valence-electron chi connectivity index (χ2n) is 7.11. The summed E-state index contributed by atoms with van der Waals surface area (Å²) in [6.07, 6.45) is 0. The van der Waals surface area contributed by atoms with E-state index in [1.807, 2.05) is 48.5 Å². The summed E-state index contributed by atoms with van der Waals surface area (Å²) < 4.78 is 6.53. The van der Waals surface area contributed by atoms with Gasteiger partial charge in [0.1, 0.15) is 6.54 Å². The molecule has 0 spiro atoms. The van der Waals surface area contributed by atoms with Gasteiger partial charge < -0.3 is 9.52 Å². The highest BCUT2D eigenvalue weighted by molar-refractivity contribution is 5.97. The second-order valence-corrected chi connectivity index (χ2v) is 7.11. The molecule has 4 aromatic carbocycles. The van der Waals surface area contributed by atoms with Crippen LogP contribution in [0.3, 0.4) is 0 Å². The van der Waals surface area contributed by atoms with Crippen molar-refractivity contribution in [2.24, 2.45) is 0 Å². The topological polar surface area (TPSA) is 72.4 Å². The fourth-order valence-corrected chi connectivity index (χ4v) is 3.90. The van der Waals surface area contributed by atoms with Crippen molar-refractivity contribution < 1.29 is 14.3 Å². The second kappa shape index (κ2) is 7.04. The molecule has 0 aliphatic heterocycles. The zero-order chi connectivity index (χ0) is 20.7. The summed E-state index contributed by atoms with van der Waals surface area (Å²) in [7, 11) is 0. The maximum Gasteiger partial charge on any atom is 0.420 e. The summed E-state index contributed by atoms with van der Waals surface area (Å²) in [6.45, 7) is -0.435. The van der Waals surface area contributed by atoms with Crippen LogP contribution in [0.25, 0.3) is 44.1 Å². The van der Waals surface area contributed by atoms with Gasteiger partial charge in [-0.3, -0.25) is 9.36 Å². The van der Waals surface area contributed by atoms with E-state index in [9.17, 15) is 9.59 Å². The molecule has 0 aliphatic rings. The van der Waals surface area contributed by atoms with Gasteiger partial charge in [0, 0.05) is 5.56 Å². The van der Waals surface area contributed by atoms with E-state index < -0.39 is 18.3 Å². The van der Waals surface area contributed by atoms with Crippen molar-refractivity contribution in [1.82, 2.24) is 4.57 Å². The zero-order valence-electron chi connectivity index (χ0n) is 15.9. The molecule has 5 rings (SSSR count). The van der Waals surface area contributed by atoms with Crippen molar-refractivity contribution in [1.29, 1.82) is 0 Å². The van der Waals surface area contributed by atoms with Crippen molar-refractivity contribution in [3.63, 3.8) is 0 Å². The highest BCUT2D eigenvalue weighted by atomic mass is 16.4. The molecule has 0 unspecified atom stereocenters. The minimum absolute atomic E-state index is 0.390. The molecule has 0 aliphatic carbocycles. The van der Waals surface area contributed by atoms with Gasteiger partial charge in [0.05, 0.1) is 5.52 Å². The van der Waals surface area contributed by atoms with Gasteiger partial charge in [-0.25, -0.2) is 4.79 Å². The predicted octanol–water partition coefficient (Wildman–Crippen LogP) is 5.17. The van der Waals surface area contributed by atoms with Gasteiger partial charge in [-0.05, 0) is 33.5 Å². The molecule has 0 radical (unpaired) electrons. The largest absolute Gasteiger partial charge is 0.480 e. The lowest BCUT2D eigenvalue weighted by atomic mass is 9.96. The number of aromatic nitrogens is 1. The van der Waals surface area contributed by atoms with Gasteiger partial charge in [-0.15, -0.1) is 0 Å². The Balaban J connectivity index is 1.60. The van der Waals surface area contributed by atoms with Crippen LogP contribution in [-0.2, 0) is 11.3 Å². The van der Waals surface area contributed by atoms with Crippen molar-refractivity contribution in [2.75, 3.05) is 0 Å². The van der Waals surface area contributed by atoms with Crippen molar-refractivity contribution in [3.05, 3.63) is 95.5 Å². The number of hydrogen-bond donors (Lipinski definition) is 1. The first-order chi connectivity index (χ1) is 14.6. The Labute approximate surface area is 171 Å². The van der Waals surface area contributed by atoms with Gasteiger partial charge in [0.15, 0.2) is 5.58 Å². The Bertz CT molecular complexity index is 1450. The maximum absolute atomic E-state index is 12.2. The van der Waals surface area contributed by atoms with E-state index in [4.69, 9.17) is 9.52 Å². The molecule has 5 aromatic rings. The standard InChI is InChI=1S/C25H17NO4/c27-23(28)15-26-22-10-4-9-21(24(22)30-25(26)29)18-13-11-17(12-14-18)20-8-3-6-16-5-1-2-7-19(16)20/h1-14H,15H2,(H,27,28). The molecule has 1 aromatic heterocycles. The molecule has 0 atom stereocenters. The monoisotopic (exact) mass is 395 g/mol. The van der Waals surface area contributed by atoms with Crippen molar-refractivity contribution >= 4 is 27.8 Å². The van der Waals surface area contributed by atoms with Crippen molar-refractivity contribution in [3.8, 4) is 22.3 Å². The molecule has 0 fully saturated rings. The van der Waals surface area contributed by atoms with Crippen LogP contribution in [0.4, 0.5) is 0 Å². The fraction of sp³-hybridized carbons (Fsp3) is 0.0400. The van der Waals surface area contributed by atoms with Crippen LogP contribution in [-0.4, -0.2) is 15.6 Å². The molecule has 1 heterocycles. The Kier molecular flexibility index (Phi) is 4.21. The average molecular weight is 395 g/mol. The molecule has 0 amide bonds. The smallest absolute Gasteiger partial charge is 0.420 e. The molecule has 146 valence electrons. The number of carboxylic acids is 1. The van der Waals surface area contributed by atoms with Gasteiger partial charge in [-0.1, -0.05) is 78.9 Å². The summed E-state index contributed by atoms with van der Waals surface area (Å²) in [5, 5.41) is 11.4. The Morgan fingerprint density at radius 1 is 0.800 bits per heavy atom. The average Bonchev–Trinajstić information content (AvgIpc) is 3.08. The van der Waals surface area contributed by atoms with Crippen molar-refractivity contribution in [2.45, 2.75) is 6.54 Å². The number of carboxylic acid groups (broad SMARTS) is 1. The van der Waals surface area contributed by atoms with Gasteiger partial charge >= 0.3 is 11.7 Å². The molecule has 0 saturated heterocycles. The molecular formula is C25H17NO4. The van der Waals surface area contributed by atoms with Gasteiger partial charge in [0.25, 0.3) is 0 Å². The summed E-state index contributed by atoms with van der Waals surface area (Å²) in [5.74, 6) is -1.77. The zero-order valence-corrected chi connectivity index (χ0v) is 15.9. The number of carbonyl (C=O) groups is 1. The maximum atomic E-state index is 12.2. The summed E-state index contributed by atoms with van der Waals surface area (Å²) in [4.78, 5) is 23.2. The molecule has 1 N–H and O–H groups in total. The minimum Gasteiger partial charge on any atom is -0.480 e. The number of nitrogens with zero attached hydrogens (tertiary/aromatic N) is 1. The minimum atomic E-state index is -1.09. The van der Waals surface area contributed by atoms with E-state index in [0.29, 0.717) is 11.1 Å². The van der Waals surface area contributed by atoms with E-state index in [2.05, 4.69) is 24.3 Å². The van der Waals surface area contributed by atoms with Crippen LogP contribution in [0.2, 0.25) is 0 Å². The van der Waals surface area contributed by atoms with E-state index in [1.54, 1.807) is 12.1 Å². The van der Waals surface area contributed by atoms with Crippen LogP contribution in [0, 0.1) is 0 Å². The number of benzene rings is 4. The number of rotatable bonds is 4. The molecule has 5 heteroatoms. The van der Waals surface area contributed by atoms with Crippen LogP contribution in [0.5, 0.6) is 0 Å². The van der Waals surface area contributed by atoms with Crippen LogP contribution < -0.4 is 5.76 Å². The summed E-state index contributed by atoms with van der Waals surface area (Å²) >= 11 is 0. The first kappa shape index (κ1) is 17.9. The third-order valence-electron chi connectivity index (χ3n) is 5.28.